The fourth-order valence-corrected chi connectivity index (χ4v) is 0.962. The molecule has 0 radical (unpaired) electrons. The van der Waals surface area contributed by atoms with Crippen LogP contribution in [-0.4, -0.2) is 22.7 Å². The molecule has 0 atom stereocenters. The maximum Gasteiger partial charge on any atom is 0.345 e. The van der Waals surface area contributed by atoms with Gasteiger partial charge in [0.1, 0.15) is 4.88 Å². The van der Waals surface area contributed by atoms with Gasteiger partial charge in [-0.25, -0.2) is 4.79 Å². The highest BCUT2D eigenvalue weighted by Crippen LogP contribution is 2.06. The van der Waals surface area contributed by atoms with Crippen molar-refractivity contribution in [1.29, 1.82) is 0 Å². The molecule has 0 aromatic carbocycles. The topological polar surface area (TPSA) is 74.6 Å². The number of thiophene rings is 1. The van der Waals surface area contributed by atoms with Crippen molar-refractivity contribution in [2.45, 2.75) is 0 Å². The van der Waals surface area contributed by atoms with E-state index < -0.39 is 5.97 Å². The molecule has 0 aliphatic carbocycles. The molecule has 1 aromatic rings. The van der Waals surface area contributed by atoms with Crippen molar-refractivity contribution in [3.8, 4) is 0 Å². The van der Waals surface area contributed by atoms with E-state index in [1.807, 2.05) is 0 Å². The molecular formula is C6H6O4S. The third-order valence-electron chi connectivity index (χ3n) is 0.732. The highest BCUT2D eigenvalue weighted by Gasteiger charge is 1.99. The van der Waals surface area contributed by atoms with E-state index in [2.05, 4.69) is 0 Å². The third-order valence-corrected chi connectivity index (χ3v) is 1.59. The number of carboxylic acids is 1. The van der Waals surface area contributed by atoms with Crippen LogP contribution in [0.15, 0.2) is 17.5 Å². The Labute approximate surface area is 66.7 Å². The molecule has 0 fully saturated rings. The van der Waals surface area contributed by atoms with Crippen LogP contribution in [0.4, 0.5) is 0 Å². The van der Waals surface area contributed by atoms with E-state index in [4.69, 9.17) is 15.0 Å². The minimum Gasteiger partial charge on any atom is -0.483 e. The number of rotatable bonds is 1. The number of hydrogen-bond donors (Lipinski definition) is 2. The molecule has 1 aromatic heterocycles. The lowest BCUT2D eigenvalue weighted by atomic mass is 10.5. The first-order valence-electron chi connectivity index (χ1n) is 2.57. The lowest BCUT2D eigenvalue weighted by Crippen LogP contribution is -1.89. The average molecular weight is 174 g/mol. The molecule has 0 aliphatic heterocycles. The van der Waals surface area contributed by atoms with Crippen molar-refractivity contribution in [3.63, 3.8) is 0 Å². The molecule has 0 unspecified atom stereocenters. The summed E-state index contributed by atoms with van der Waals surface area (Å²) in [7, 11) is 0. The summed E-state index contributed by atoms with van der Waals surface area (Å²) in [6.07, 6.45) is 0. The van der Waals surface area contributed by atoms with Crippen LogP contribution < -0.4 is 0 Å². The fourth-order valence-electron chi connectivity index (χ4n) is 0.400. The van der Waals surface area contributed by atoms with Crippen LogP contribution in [-0.2, 0) is 4.79 Å². The fraction of sp³-hybridized carbons (Fsp3) is 0. The molecule has 0 bridgehead atoms. The Morgan fingerprint density at radius 2 is 2.18 bits per heavy atom. The van der Waals surface area contributed by atoms with E-state index in [-0.39, 0.29) is 6.47 Å². The Hall–Kier alpha value is -1.36. The number of hydrogen-bond acceptors (Lipinski definition) is 3. The zero-order chi connectivity index (χ0) is 8.69. The molecule has 60 valence electrons. The second kappa shape index (κ2) is 5.43. The van der Waals surface area contributed by atoms with Crippen LogP contribution in [0.25, 0.3) is 0 Å². The molecule has 11 heavy (non-hydrogen) atoms. The minimum absolute atomic E-state index is 0.250. The Bertz CT molecular complexity index is 216. The van der Waals surface area contributed by atoms with Gasteiger partial charge in [-0.1, -0.05) is 6.07 Å². The first-order chi connectivity index (χ1) is 5.22. The van der Waals surface area contributed by atoms with Gasteiger partial charge in [-0.15, -0.1) is 11.3 Å². The normalized spacial score (nSPS) is 7.64. The van der Waals surface area contributed by atoms with Gasteiger partial charge in [0.25, 0.3) is 6.47 Å². The summed E-state index contributed by atoms with van der Waals surface area (Å²) in [4.78, 5) is 18.8. The van der Waals surface area contributed by atoms with Gasteiger partial charge in [0.2, 0.25) is 0 Å². The van der Waals surface area contributed by atoms with Crippen LogP contribution in [0.3, 0.4) is 0 Å². The Morgan fingerprint density at radius 3 is 2.36 bits per heavy atom. The summed E-state index contributed by atoms with van der Waals surface area (Å²) in [5, 5.41) is 16.9. The highest BCUT2D eigenvalue weighted by molar-refractivity contribution is 7.11. The maximum absolute atomic E-state index is 10.1. The van der Waals surface area contributed by atoms with E-state index in [1.165, 1.54) is 11.3 Å². The molecule has 2 N–H and O–H groups in total. The lowest BCUT2D eigenvalue weighted by Gasteiger charge is -1.78. The first kappa shape index (κ1) is 9.64. The third kappa shape index (κ3) is 4.10. The van der Waals surface area contributed by atoms with Crippen molar-refractivity contribution >= 4 is 23.8 Å². The Kier molecular flexibility index (Phi) is 4.76. The van der Waals surface area contributed by atoms with Gasteiger partial charge < -0.3 is 10.2 Å². The van der Waals surface area contributed by atoms with E-state index in [0.717, 1.165) is 0 Å². The van der Waals surface area contributed by atoms with Crippen molar-refractivity contribution in [2.75, 3.05) is 0 Å². The van der Waals surface area contributed by atoms with Crippen LogP contribution in [0, 0.1) is 0 Å². The SMILES string of the molecule is O=C(O)c1cccs1.O=CO. The van der Waals surface area contributed by atoms with E-state index in [9.17, 15) is 4.79 Å². The zero-order valence-electron chi connectivity index (χ0n) is 5.43. The van der Waals surface area contributed by atoms with Gasteiger partial charge in [-0.2, -0.15) is 0 Å². The molecule has 0 amide bonds. The predicted molar refractivity (Wildman–Crippen MR) is 40.0 cm³/mol. The van der Waals surface area contributed by atoms with Crippen LogP contribution in [0.2, 0.25) is 0 Å². The monoisotopic (exact) mass is 174 g/mol. The second-order valence-electron chi connectivity index (χ2n) is 1.39. The molecule has 0 saturated carbocycles. The molecule has 5 heteroatoms. The molecule has 0 aliphatic rings. The molecular weight excluding hydrogens is 168 g/mol. The van der Waals surface area contributed by atoms with Crippen LogP contribution in [0.5, 0.6) is 0 Å². The predicted octanol–water partition coefficient (Wildman–Crippen LogP) is 1.15. The molecule has 1 rings (SSSR count). The molecule has 4 nitrogen and oxygen atoms in total. The summed E-state index contributed by atoms with van der Waals surface area (Å²) < 4.78 is 0. The van der Waals surface area contributed by atoms with E-state index >= 15 is 0 Å². The average Bonchev–Trinajstić information content (AvgIpc) is 2.38. The number of carbonyl (C=O) groups is 2. The van der Waals surface area contributed by atoms with Gasteiger partial charge in [-0.3, -0.25) is 4.79 Å². The van der Waals surface area contributed by atoms with Crippen LogP contribution >= 0.6 is 11.3 Å². The van der Waals surface area contributed by atoms with Crippen molar-refractivity contribution in [3.05, 3.63) is 22.4 Å². The standard InChI is InChI=1S/C5H4O2S.CH2O2/c6-5(7)4-2-1-3-8-4;2-1-3/h1-3H,(H,6,7);1H,(H,2,3). The van der Waals surface area contributed by atoms with Crippen molar-refractivity contribution in [1.82, 2.24) is 0 Å². The van der Waals surface area contributed by atoms with Gasteiger partial charge in [0.05, 0.1) is 0 Å². The Morgan fingerprint density at radius 1 is 1.64 bits per heavy atom. The number of aromatic carboxylic acids is 1. The van der Waals surface area contributed by atoms with Crippen molar-refractivity contribution in [2.24, 2.45) is 0 Å². The zero-order valence-corrected chi connectivity index (χ0v) is 6.25. The summed E-state index contributed by atoms with van der Waals surface area (Å²) >= 11 is 1.23. The van der Waals surface area contributed by atoms with Gasteiger partial charge >= 0.3 is 5.97 Å². The minimum atomic E-state index is -0.847. The van der Waals surface area contributed by atoms with Gasteiger partial charge in [0.15, 0.2) is 0 Å². The largest absolute Gasteiger partial charge is 0.483 e. The summed E-state index contributed by atoms with van der Waals surface area (Å²) in [5.74, 6) is -0.847. The van der Waals surface area contributed by atoms with Gasteiger partial charge in [0, 0.05) is 0 Å². The molecule has 0 spiro atoms. The maximum atomic E-state index is 10.1. The number of carboxylic acid groups (broad SMARTS) is 2. The molecule has 0 saturated heterocycles. The summed E-state index contributed by atoms with van der Waals surface area (Å²) in [6, 6.07) is 3.29. The van der Waals surface area contributed by atoms with E-state index in [1.54, 1.807) is 17.5 Å². The van der Waals surface area contributed by atoms with Gasteiger partial charge in [-0.05, 0) is 11.4 Å². The first-order valence-corrected chi connectivity index (χ1v) is 3.45. The van der Waals surface area contributed by atoms with E-state index in [0.29, 0.717) is 4.88 Å². The smallest absolute Gasteiger partial charge is 0.345 e. The Balaban J connectivity index is 0.000000292. The second-order valence-corrected chi connectivity index (χ2v) is 2.34. The van der Waals surface area contributed by atoms with Crippen molar-refractivity contribution < 1.29 is 19.8 Å². The highest BCUT2D eigenvalue weighted by atomic mass is 32.1. The summed E-state index contributed by atoms with van der Waals surface area (Å²) in [5.41, 5.74) is 0. The van der Waals surface area contributed by atoms with Crippen LogP contribution in [0.1, 0.15) is 9.67 Å². The summed E-state index contributed by atoms with van der Waals surface area (Å²) in [6.45, 7) is -0.250. The molecule has 1 heterocycles. The lowest BCUT2D eigenvalue weighted by molar-refractivity contribution is -0.122. The quantitative estimate of drug-likeness (QED) is 0.626.